The van der Waals surface area contributed by atoms with Crippen LogP contribution in [-0.2, 0) is 0 Å². The van der Waals surface area contributed by atoms with Crippen LogP contribution in [0.15, 0.2) is 18.2 Å². The van der Waals surface area contributed by atoms with Gasteiger partial charge in [-0.25, -0.2) is 0 Å². The molecule has 1 aromatic carbocycles. The van der Waals surface area contributed by atoms with E-state index in [9.17, 15) is 0 Å². The summed E-state index contributed by atoms with van der Waals surface area (Å²) in [6, 6.07) is 7.32. The van der Waals surface area contributed by atoms with E-state index in [1.54, 1.807) is 7.11 Å². The number of hydrogen-bond donors (Lipinski definition) is 0. The molecule has 0 aliphatic heterocycles. The Hall–Kier alpha value is -0.183. The first-order valence-electron chi connectivity index (χ1n) is 5.41. The van der Waals surface area contributed by atoms with E-state index in [2.05, 4.69) is 19.2 Å². The molecule has 0 atom stereocenters. The van der Waals surface area contributed by atoms with Crippen LogP contribution in [0.1, 0.15) is 6.42 Å². The number of halogens is 2. The third kappa shape index (κ3) is 3.41. The molecule has 0 aliphatic rings. The standard InChI is InChI=1S/C12H18Cl2OSi/c1-15-12-6-5-10(9-11(12)14)16(2,3)8-4-7-13/h5-6,9H,4,7-8H2,1-3H3. The second kappa shape index (κ2) is 5.94. The molecule has 0 aromatic heterocycles. The summed E-state index contributed by atoms with van der Waals surface area (Å²) in [6.45, 7) is 4.69. The van der Waals surface area contributed by atoms with Crippen molar-refractivity contribution in [2.75, 3.05) is 13.0 Å². The van der Waals surface area contributed by atoms with E-state index in [4.69, 9.17) is 27.9 Å². The van der Waals surface area contributed by atoms with Crippen molar-refractivity contribution < 1.29 is 4.74 Å². The second-order valence-corrected chi connectivity index (χ2v) is 10.2. The van der Waals surface area contributed by atoms with Crippen molar-refractivity contribution in [1.82, 2.24) is 0 Å². The van der Waals surface area contributed by atoms with E-state index in [1.165, 1.54) is 11.2 Å². The van der Waals surface area contributed by atoms with Gasteiger partial charge in [0.15, 0.2) is 0 Å². The molecule has 0 aliphatic carbocycles. The summed E-state index contributed by atoms with van der Waals surface area (Å²) in [5, 5.41) is 2.06. The van der Waals surface area contributed by atoms with Crippen LogP contribution in [0.3, 0.4) is 0 Å². The third-order valence-corrected chi connectivity index (χ3v) is 6.91. The molecule has 1 rings (SSSR count). The maximum atomic E-state index is 6.14. The molecule has 0 saturated heterocycles. The lowest BCUT2D eigenvalue weighted by Gasteiger charge is -2.23. The first-order valence-corrected chi connectivity index (χ1v) is 9.53. The molecule has 4 heteroatoms. The number of methoxy groups -OCH3 is 1. The molecule has 0 N–H and O–H groups in total. The van der Waals surface area contributed by atoms with Gasteiger partial charge in [-0.3, -0.25) is 0 Å². The Bertz CT molecular complexity index is 353. The normalized spacial score (nSPS) is 11.6. The molecule has 1 nitrogen and oxygen atoms in total. The number of benzene rings is 1. The summed E-state index contributed by atoms with van der Waals surface area (Å²) in [4.78, 5) is 0. The Morgan fingerprint density at radius 1 is 1.31 bits per heavy atom. The molecule has 0 spiro atoms. The molecule has 0 saturated carbocycles. The van der Waals surface area contributed by atoms with Crippen LogP contribution >= 0.6 is 23.2 Å². The van der Waals surface area contributed by atoms with Crippen LogP contribution in [0.25, 0.3) is 0 Å². The quantitative estimate of drug-likeness (QED) is 0.586. The zero-order chi connectivity index (χ0) is 12.2. The van der Waals surface area contributed by atoms with Gasteiger partial charge < -0.3 is 4.74 Å². The molecule has 0 amide bonds. The highest BCUT2D eigenvalue weighted by Crippen LogP contribution is 2.24. The lowest BCUT2D eigenvalue weighted by Crippen LogP contribution is -2.41. The molecule has 16 heavy (non-hydrogen) atoms. The van der Waals surface area contributed by atoms with Crippen molar-refractivity contribution >= 4 is 36.5 Å². The van der Waals surface area contributed by atoms with Gasteiger partial charge in [-0.2, -0.15) is 0 Å². The second-order valence-electron chi connectivity index (χ2n) is 4.53. The summed E-state index contributed by atoms with van der Waals surface area (Å²) in [5.41, 5.74) is 0. The van der Waals surface area contributed by atoms with Crippen molar-refractivity contribution in [3.05, 3.63) is 23.2 Å². The highest BCUT2D eigenvalue weighted by molar-refractivity contribution is 6.89. The van der Waals surface area contributed by atoms with Crippen molar-refractivity contribution in [2.24, 2.45) is 0 Å². The summed E-state index contributed by atoms with van der Waals surface area (Å²) in [7, 11) is 0.244. The Balaban J connectivity index is 2.91. The van der Waals surface area contributed by atoms with Gasteiger partial charge in [0.1, 0.15) is 5.75 Å². The minimum Gasteiger partial charge on any atom is -0.495 e. The number of ether oxygens (including phenoxy) is 1. The molecule has 0 bridgehead atoms. The van der Waals surface area contributed by atoms with Crippen LogP contribution in [-0.4, -0.2) is 21.1 Å². The molecular weight excluding hydrogens is 259 g/mol. The third-order valence-electron chi connectivity index (χ3n) is 2.87. The summed E-state index contributed by atoms with van der Waals surface area (Å²) in [6.07, 6.45) is 1.07. The number of rotatable bonds is 5. The van der Waals surface area contributed by atoms with Crippen LogP contribution in [0.4, 0.5) is 0 Å². The Kier molecular flexibility index (Phi) is 5.16. The molecule has 90 valence electrons. The average Bonchev–Trinajstić information content (AvgIpc) is 2.26. The predicted octanol–water partition coefficient (Wildman–Crippen LogP) is 3.89. The van der Waals surface area contributed by atoms with Crippen molar-refractivity contribution in [2.45, 2.75) is 25.6 Å². The fourth-order valence-corrected chi connectivity index (χ4v) is 4.87. The fraction of sp³-hybridized carbons (Fsp3) is 0.500. The highest BCUT2D eigenvalue weighted by atomic mass is 35.5. The van der Waals surface area contributed by atoms with Gasteiger partial charge in [0.25, 0.3) is 0 Å². The van der Waals surface area contributed by atoms with Crippen LogP contribution in [0.5, 0.6) is 5.75 Å². The lowest BCUT2D eigenvalue weighted by molar-refractivity contribution is 0.415. The Morgan fingerprint density at radius 2 is 2.00 bits per heavy atom. The van der Waals surface area contributed by atoms with Gasteiger partial charge in [0.05, 0.1) is 20.2 Å². The SMILES string of the molecule is COc1ccc([Si](C)(C)CCCCl)cc1Cl. The topological polar surface area (TPSA) is 9.23 Å². The highest BCUT2D eigenvalue weighted by Gasteiger charge is 2.23. The van der Waals surface area contributed by atoms with E-state index < -0.39 is 8.07 Å². The number of hydrogen-bond acceptors (Lipinski definition) is 1. The van der Waals surface area contributed by atoms with Crippen molar-refractivity contribution in [3.63, 3.8) is 0 Å². The predicted molar refractivity (Wildman–Crippen MR) is 75.3 cm³/mol. The van der Waals surface area contributed by atoms with E-state index in [1.807, 2.05) is 12.1 Å². The van der Waals surface area contributed by atoms with Crippen LogP contribution < -0.4 is 9.92 Å². The smallest absolute Gasteiger partial charge is 0.137 e. The zero-order valence-corrected chi connectivity index (χ0v) is 12.5. The first-order chi connectivity index (χ1) is 7.51. The molecular formula is C12H18Cl2OSi. The van der Waals surface area contributed by atoms with E-state index in [0.717, 1.165) is 18.1 Å². The van der Waals surface area contributed by atoms with Crippen molar-refractivity contribution in [1.29, 1.82) is 0 Å². The maximum Gasteiger partial charge on any atom is 0.137 e. The average molecular weight is 277 g/mol. The molecule has 0 heterocycles. The minimum atomic E-state index is -1.39. The van der Waals surface area contributed by atoms with Crippen LogP contribution in [0.2, 0.25) is 24.2 Å². The first kappa shape index (κ1) is 13.9. The largest absolute Gasteiger partial charge is 0.495 e. The maximum absolute atomic E-state index is 6.14. The van der Waals surface area contributed by atoms with E-state index >= 15 is 0 Å². The summed E-state index contributed by atoms with van der Waals surface area (Å²) >= 11 is 11.9. The lowest BCUT2D eigenvalue weighted by atomic mass is 10.3. The van der Waals surface area contributed by atoms with E-state index in [-0.39, 0.29) is 0 Å². The summed E-state index contributed by atoms with van der Waals surface area (Å²) in [5.74, 6) is 1.48. The molecule has 0 unspecified atom stereocenters. The summed E-state index contributed by atoms with van der Waals surface area (Å²) < 4.78 is 5.16. The van der Waals surface area contributed by atoms with E-state index in [0.29, 0.717) is 5.02 Å². The number of alkyl halides is 1. The van der Waals surface area contributed by atoms with Crippen molar-refractivity contribution in [3.8, 4) is 5.75 Å². The fourth-order valence-electron chi connectivity index (χ4n) is 1.74. The van der Waals surface area contributed by atoms with Gasteiger partial charge in [-0.15, -0.1) is 11.6 Å². The van der Waals surface area contributed by atoms with Gasteiger partial charge in [-0.1, -0.05) is 42.0 Å². The van der Waals surface area contributed by atoms with Crippen LogP contribution in [0, 0.1) is 0 Å². The monoisotopic (exact) mass is 276 g/mol. The molecule has 1 aromatic rings. The molecule has 0 radical (unpaired) electrons. The van der Waals surface area contributed by atoms with Gasteiger partial charge in [0.2, 0.25) is 0 Å². The molecule has 0 fully saturated rings. The Labute approximate surface area is 109 Å². The van der Waals surface area contributed by atoms with Gasteiger partial charge in [0, 0.05) is 5.88 Å². The van der Waals surface area contributed by atoms with Gasteiger partial charge >= 0.3 is 0 Å². The minimum absolute atomic E-state index is 0.700. The Morgan fingerprint density at radius 3 is 2.50 bits per heavy atom. The zero-order valence-electron chi connectivity index (χ0n) is 10.0. The van der Waals surface area contributed by atoms with Gasteiger partial charge in [-0.05, 0) is 18.6 Å².